The number of nitrogens with one attached hydrogen (secondary N) is 2. The maximum atomic E-state index is 13.2. The first-order valence-corrected chi connectivity index (χ1v) is 11.4. The van der Waals surface area contributed by atoms with Crippen molar-refractivity contribution in [3.8, 4) is 5.75 Å². The third kappa shape index (κ3) is 6.06. The second kappa shape index (κ2) is 10.8. The van der Waals surface area contributed by atoms with Crippen LogP contribution in [-0.2, 0) is 14.3 Å². The molecule has 2 unspecified atom stereocenters. The molecule has 3 atom stereocenters. The van der Waals surface area contributed by atoms with Crippen molar-refractivity contribution in [2.75, 3.05) is 13.2 Å². The van der Waals surface area contributed by atoms with Crippen molar-refractivity contribution in [1.29, 1.82) is 0 Å². The van der Waals surface area contributed by atoms with Crippen LogP contribution in [0.25, 0.3) is 0 Å². The molecule has 1 aromatic rings. The molecule has 0 bridgehead atoms. The smallest absolute Gasteiger partial charge is 0.251 e. The van der Waals surface area contributed by atoms with E-state index in [0.29, 0.717) is 30.1 Å². The molecule has 1 saturated carbocycles. The number of rotatable bonds is 8. The van der Waals surface area contributed by atoms with Gasteiger partial charge in [0.05, 0.1) is 12.6 Å². The first-order chi connectivity index (χ1) is 14.9. The standard InChI is InChI=1S/C24H34N2O5/c1-3-6-18-13-31-14-21(28)22(18)26-24(30)19(12-16-7-4-5-8-16)25-23(29)17-9-10-20(27)15(2)11-17/h9-11,16,18-19,22,27H,3-8,12-14H2,1-2H3,(H,25,29)(H,26,30)/t18?,19-,22?/m0/s1. The zero-order valence-corrected chi connectivity index (χ0v) is 18.5. The summed E-state index contributed by atoms with van der Waals surface area (Å²) in [7, 11) is 0. The number of benzene rings is 1. The molecule has 3 N–H and O–H groups in total. The van der Waals surface area contributed by atoms with E-state index >= 15 is 0 Å². The molecule has 1 aliphatic carbocycles. The zero-order chi connectivity index (χ0) is 22.4. The van der Waals surface area contributed by atoms with Crippen LogP contribution < -0.4 is 10.6 Å². The lowest BCUT2D eigenvalue weighted by molar-refractivity contribution is -0.138. The molecule has 1 heterocycles. The van der Waals surface area contributed by atoms with Crippen LogP contribution in [0.3, 0.4) is 0 Å². The summed E-state index contributed by atoms with van der Waals surface area (Å²) < 4.78 is 5.38. The highest BCUT2D eigenvalue weighted by Crippen LogP contribution is 2.29. The second-order valence-electron chi connectivity index (χ2n) is 8.93. The molecule has 0 aromatic heterocycles. The Hall–Kier alpha value is -2.41. The fourth-order valence-corrected chi connectivity index (χ4v) is 4.68. The summed E-state index contributed by atoms with van der Waals surface area (Å²) in [6, 6.07) is 3.35. The van der Waals surface area contributed by atoms with Crippen LogP contribution in [0.2, 0.25) is 0 Å². The third-order valence-electron chi connectivity index (χ3n) is 6.48. The van der Waals surface area contributed by atoms with E-state index in [1.165, 1.54) is 6.07 Å². The molecule has 3 rings (SSSR count). The number of hydrogen-bond donors (Lipinski definition) is 3. The molecule has 170 valence electrons. The van der Waals surface area contributed by atoms with E-state index in [9.17, 15) is 19.5 Å². The number of amides is 2. The molecule has 1 aliphatic heterocycles. The van der Waals surface area contributed by atoms with Crippen molar-refractivity contribution < 1.29 is 24.2 Å². The number of ether oxygens (including phenoxy) is 1. The van der Waals surface area contributed by atoms with Crippen molar-refractivity contribution in [2.45, 2.75) is 70.9 Å². The maximum absolute atomic E-state index is 13.2. The summed E-state index contributed by atoms with van der Waals surface area (Å²) in [5.74, 6) is -0.316. The molecule has 2 aliphatic rings. The number of phenolic OH excluding ortho intramolecular Hbond substituents is 1. The van der Waals surface area contributed by atoms with Crippen LogP contribution in [0.5, 0.6) is 5.75 Å². The van der Waals surface area contributed by atoms with Gasteiger partial charge in [-0.15, -0.1) is 0 Å². The van der Waals surface area contributed by atoms with Crippen molar-refractivity contribution in [2.24, 2.45) is 11.8 Å². The summed E-state index contributed by atoms with van der Waals surface area (Å²) in [5.41, 5.74) is 0.991. The van der Waals surface area contributed by atoms with Crippen LogP contribution in [0.1, 0.15) is 67.8 Å². The first-order valence-electron chi connectivity index (χ1n) is 11.4. The summed E-state index contributed by atoms with van der Waals surface area (Å²) in [5, 5.41) is 15.5. The number of aromatic hydroxyl groups is 1. The van der Waals surface area contributed by atoms with E-state index in [-0.39, 0.29) is 35.9 Å². The summed E-state index contributed by atoms with van der Waals surface area (Å²) in [6.45, 7) is 4.23. The van der Waals surface area contributed by atoms with Gasteiger partial charge in [-0.05, 0) is 49.4 Å². The maximum Gasteiger partial charge on any atom is 0.251 e. The minimum atomic E-state index is -0.706. The lowest BCUT2D eigenvalue weighted by atomic mass is 9.90. The van der Waals surface area contributed by atoms with Gasteiger partial charge in [0.1, 0.15) is 18.4 Å². The average molecular weight is 431 g/mol. The van der Waals surface area contributed by atoms with E-state index in [1.807, 2.05) is 6.92 Å². The molecular formula is C24H34N2O5. The number of ketones is 1. The van der Waals surface area contributed by atoms with Gasteiger partial charge in [-0.3, -0.25) is 14.4 Å². The molecule has 7 nitrogen and oxygen atoms in total. The van der Waals surface area contributed by atoms with Gasteiger partial charge in [0.15, 0.2) is 5.78 Å². The van der Waals surface area contributed by atoms with Crippen molar-refractivity contribution >= 4 is 17.6 Å². The molecule has 2 amide bonds. The second-order valence-corrected chi connectivity index (χ2v) is 8.93. The molecule has 0 radical (unpaired) electrons. The number of carbonyl (C=O) groups excluding carboxylic acids is 3. The summed E-state index contributed by atoms with van der Waals surface area (Å²) in [6.07, 6.45) is 6.63. The van der Waals surface area contributed by atoms with Crippen LogP contribution in [0, 0.1) is 18.8 Å². The Labute approximate surface area is 183 Å². The number of Topliss-reactive ketones (excluding diaryl/α,β-unsaturated/α-hetero) is 1. The fraction of sp³-hybridized carbons (Fsp3) is 0.625. The Kier molecular flexibility index (Phi) is 8.07. The van der Waals surface area contributed by atoms with E-state index in [0.717, 1.165) is 38.5 Å². The van der Waals surface area contributed by atoms with Crippen molar-refractivity contribution in [1.82, 2.24) is 10.6 Å². The van der Waals surface area contributed by atoms with Gasteiger partial charge in [-0.25, -0.2) is 0 Å². The quantitative estimate of drug-likeness (QED) is 0.588. The van der Waals surface area contributed by atoms with Gasteiger partial charge in [0.2, 0.25) is 5.91 Å². The minimum absolute atomic E-state index is 0.0115. The molecular weight excluding hydrogens is 396 g/mol. The van der Waals surface area contributed by atoms with Gasteiger partial charge >= 0.3 is 0 Å². The molecule has 31 heavy (non-hydrogen) atoms. The molecule has 0 spiro atoms. The van der Waals surface area contributed by atoms with Gasteiger partial charge < -0.3 is 20.5 Å². The van der Waals surface area contributed by atoms with Gasteiger partial charge in [-0.1, -0.05) is 39.0 Å². The molecule has 7 heteroatoms. The highest BCUT2D eigenvalue weighted by atomic mass is 16.5. The number of aryl methyl sites for hydroxylation is 1. The van der Waals surface area contributed by atoms with Crippen molar-refractivity contribution in [3.05, 3.63) is 29.3 Å². The highest BCUT2D eigenvalue weighted by Gasteiger charge is 2.36. The third-order valence-corrected chi connectivity index (χ3v) is 6.48. The Bertz CT molecular complexity index is 801. The van der Waals surface area contributed by atoms with E-state index in [2.05, 4.69) is 10.6 Å². The van der Waals surface area contributed by atoms with Crippen molar-refractivity contribution in [3.63, 3.8) is 0 Å². The zero-order valence-electron chi connectivity index (χ0n) is 18.5. The average Bonchev–Trinajstić information content (AvgIpc) is 3.25. The van der Waals surface area contributed by atoms with E-state index < -0.39 is 12.1 Å². The van der Waals surface area contributed by atoms with Crippen LogP contribution in [-0.4, -0.2) is 48.0 Å². The lowest BCUT2D eigenvalue weighted by Gasteiger charge is -2.32. The number of phenols is 1. The normalized spacial score (nSPS) is 22.8. The highest BCUT2D eigenvalue weighted by molar-refractivity contribution is 5.99. The molecule has 1 aromatic carbocycles. The Morgan fingerprint density at radius 2 is 2.00 bits per heavy atom. The van der Waals surface area contributed by atoms with Crippen LogP contribution >= 0.6 is 0 Å². The predicted molar refractivity (Wildman–Crippen MR) is 117 cm³/mol. The minimum Gasteiger partial charge on any atom is -0.508 e. The fourth-order valence-electron chi connectivity index (χ4n) is 4.68. The molecule has 1 saturated heterocycles. The summed E-state index contributed by atoms with van der Waals surface area (Å²) in [4.78, 5) is 38.5. The molecule has 2 fully saturated rings. The monoisotopic (exact) mass is 430 g/mol. The van der Waals surface area contributed by atoms with E-state index in [1.54, 1.807) is 19.1 Å². The van der Waals surface area contributed by atoms with E-state index in [4.69, 9.17) is 4.74 Å². The summed E-state index contributed by atoms with van der Waals surface area (Å²) >= 11 is 0. The number of carbonyl (C=O) groups is 3. The van der Waals surface area contributed by atoms with Gasteiger partial charge in [0, 0.05) is 11.5 Å². The largest absolute Gasteiger partial charge is 0.508 e. The SMILES string of the molecule is CCCC1COCC(=O)C1NC(=O)[C@H](CC1CCCC1)NC(=O)c1ccc(O)c(C)c1. The number of hydrogen-bond acceptors (Lipinski definition) is 5. The topological polar surface area (TPSA) is 105 Å². The Morgan fingerprint density at radius 1 is 1.26 bits per heavy atom. The Balaban J connectivity index is 1.73. The van der Waals surface area contributed by atoms with Crippen LogP contribution in [0.15, 0.2) is 18.2 Å². The van der Waals surface area contributed by atoms with Gasteiger partial charge in [-0.2, -0.15) is 0 Å². The predicted octanol–water partition coefficient (Wildman–Crippen LogP) is 2.88. The Morgan fingerprint density at radius 3 is 2.68 bits per heavy atom. The lowest BCUT2D eigenvalue weighted by Crippen LogP contribution is -2.57. The van der Waals surface area contributed by atoms with Gasteiger partial charge in [0.25, 0.3) is 5.91 Å². The first kappa shape index (κ1) is 23.3. The van der Waals surface area contributed by atoms with Crippen LogP contribution in [0.4, 0.5) is 0 Å².